The van der Waals surface area contributed by atoms with Crippen molar-refractivity contribution in [3.8, 4) is 11.1 Å². The Hall–Kier alpha value is -2.34. The molecule has 92 valence electrons. The predicted octanol–water partition coefficient (Wildman–Crippen LogP) is 4.94. The standard InChI is InChI=1S/C13H10.C6H6/c1-3-7-12-10(5-1)9-11-6-2-4-8-13(11)12;1-2-4-6-5-3-1/h1-8H,9H2;1-6H. The lowest BCUT2D eigenvalue weighted by molar-refractivity contribution is 1.26. The van der Waals surface area contributed by atoms with E-state index >= 15 is 0 Å². The van der Waals surface area contributed by atoms with Gasteiger partial charge in [-0.25, -0.2) is 0 Å². The molecule has 0 heteroatoms. The first-order chi connectivity index (χ1) is 9.45. The van der Waals surface area contributed by atoms with Gasteiger partial charge in [0.2, 0.25) is 0 Å². The van der Waals surface area contributed by atoms with Crippen LogP contribution in [0.5, 0.6) is 0 Å². The average Bonchev–Trinajstić information content (AvgIpc) is 2.88. The molecule has 3 aromatic rings. The van der Waals surface area contributed by atoms with Crippen LogP contribution in [0.4, 0.5) is 0 Å². The van der Waals surface area contributed by atoms with Crippen molar-refractivity contribution in [2.24, 2.45) is 0 Å². The third kappa shape index (κ3) is 2.58. The molecule has 0 aliphatic heterocycles. The fraction of sp³-hybridized carbons (Fsp3) is 0.0526. The lowest BCUT2D eigenvalue weighted by Crippen LogP contribution is -1.77. The Kier molecular flexibility index (Phi) is 3.42. The van der Waals surface area contributed by atoms with Gasteiger partial charge in [0.1, 0.15) is 0 Å². The van der Waals surface area contributed by atoms with Crippen molar-refractivity contribution in [3.05, 3.63) is 96.1 Å². The number of benzene rings is 3. The zero-order valence-electron chi connectivity index (χ0n) is 10.8. The van der Waals surface area contributed by atoms with Crippen molar-refractivity contribution in [2.45, 2.75) is 6.42 Å². The van der Waals surface area contributed by atoms with E-state index in [0.29, 0.717) is 0 Å². The molecule has 0 radical (unpaired) electrons. The van der Waals surface area contributed by atoms with E-state index in [1.54, 1.807) is 0 Å². The summed E-state index contributed by atoms with van der Waals surface area (Å²) in [5, 5.41) is 0. The highest BCUT2D eigenvalue weighted by Crippen LogP contribution is 2.35. The summed E-state index contributed by atoms with van der Waals surface area (Å²) in [6, 6.07) is 29.3. The summed E-state index contributed by atoms with van der Waals surface area (Å²) in [6.45, 7) is 0. The maximum Gasteiger partial charge on any atom is -0.00135 e. The lowest BCUT2D eigenvalue weighted by Gasteiger charge is -1.98. The minimum absolute atomic E-state index is 1.10. The van der Waals surface area contributed by atoms with E-state index in [-0.39, 0.29) is 0 Å². The smallest absolute Gasteiger partial charge is 0.00135 e. The van der Waals surface area contributed by atoms with Gasteiger partial charge in [0, 0.05) is 0 Å². The van der Waals surface area contributed by atoms with Gasteiger partial charge in [-0.05, 0) is 28.7 Å². The van der Waals surface area contributed by atoms with Gasteiger partial charge in [0.05, 0.1) is 0 Å². The van der Waals surface area contributed by atoms with E-state index in [4.69, 9.17) is 0 Å². The van der Waals surface area contributed by atoms with Crippen molar-refractivity contribution in [2.75, 3.05) is 0 Å². The Balaban J connectivity index is 0.000000155. The summed E-state index contributed by atoms with van der Waals surface area (Å²) in [7, 11) is 0. The molecule has 3 aromatic carbocycles. The summed E-state index contributed by atoms with van der Waals surface area (Å²) < 4.78 is 0. The first kappa shape index (κ1) is 11.7. The number of hydrogen-bond donors (Lipinski definition) is 0. The molecule has 0 atom stereocenters. The third-order valence-corrected chi connectivity index (χ3v) is 3.37. The van der Waals surface area contributed by atoms with Gasteiger partial charge in [0.15, 0.2) is 0 Å². The van der Waals surface area contributed by atoms with Crippen LogP contribution in [0.25, 0.3) is 11.1 Å². The molecular formula is C19H16. The monoisotopic (exact) mass is 244 g/mol. The quantitative estimate of drug-likeness (QED) is 0.411. The van der Waals surface area contributed by atoms with E-state index in [1.165, 1.54) is 22.3 Å². The first-order valence-electron chi connectivity index (χ1n) is 6.61. The van der Waals surface area contributed by atoms with Crippen molar-refractivity contribution >= 4 is 0 Å². The number of rotatable bonds is 0. The summed E-state index contributed by atoms with van der Waals surface area (Å²) in [5.41, 5.74) is 5.75. The van der Waals surface area contributed by atoms with Crippen molar-refractivity contribution < 1.29 is 0 Å². The van der Waals surface area contributed by atoms with E-state index < -0.39 is 0 Å². The molecule has 0 bridgehead atoms. The molecule has 0 aromatic heterocycles. The summed E-state index contributed by atoms with van der Waals surface area (Å²) in [5.74, 6) is 0. The van der Waals surface area contributed by atoms with Crippen LogP contribution >= 0.6 is 0 Å². The first-order valence-corrected chi connectivity index (χ1v) is 6.61. The molecule has 1 aliphatic rings. The van der Waals surface area contributed by atoms with Gasteiger partial charge < -0.3 is 0 Å². The maximum atomic E-state index is 2.22. The summed E-state index contributed by atoms with van der Waals surface area (Å²) in [4.78, 5) is 0. The van der Waals surface area contributed by atoms with Crippen molar-refractivity contribution in [3.63, 3.8) is 0 Å². The Bertz CT molecular complexity index is 583. The Labute approximate surface area is 114 Å². The molecule has 19 heavy (non-hydrogen) atoms. The molecule has 0 N–H and O–H groups in total. The Morgan fingerprint density at radius 2 is 0.789 bits per heavy atom. The maximum absolute atomic E-state index is 2.22. The molecule has 0 fully saturated rings. The van der Waals surface area contributed by atoms with Gasteiger partial charge in [-0.3, -0.25) is 0 Å². The van der Waals surface area contributed by atoms with E-state index in [2.05, 4.69) is 48.5 Å². The van der Waals surface area contributed by atoms with Crippen LogP contribution in [-0.2, 0) is 6.42 Å². The fourth-order valence-electron chi connectivity index (χ4n) is 2.46. The molecule has 0 amide bonds. The molecule has 0 spiro atoms. The van der Waals surface area contributed by atoms with E-state index in [0.717, 1.165) is 6.42 Å². The van der Waals surface area contributed by atoms with Crippen LogP contribution in [0, 0.1) is 0 Å². The molecule has 4 rings (SSSR count). The van der Waals surface area contributed by atoms with Crippen molar-refractivity contribution in [1.29, 1.82) is 0 Å². The van der Waals surface area contributed by atoms with Gasteiger partial charge in [0.25, 0.3) is 0 Å². The van der Waals surface area contributed by atoms with Crippen LogP contribution in [-0.4, -0.2) is 0 Å². The Morgan fingerprint density at radius 1 is 0.421 bits per heavy atom. The molecule has 0 saturated heterocycles. The fourth-order valence-corrected chi connectivity index (χ4v) is 2.46. The van der Waals surface area contributed by atoms with Crippen LogP contribution in [0.15, 0.2) is 84.9 Å². The molecule has 0 heterocycles. The average molecular weight is 244 g/mol. The second-order valence-corrected chi connectivity index (χ2v) is 4.65. The SMILES string of the molecule is c1ccc2c(c1)Cc1ccccc1-2.c1ccccc1. The topological polar surface area (TPSA) is 0 Å². The molecule has 0 nitrogen and oxygen atoms in total. The zero-order chi connectivity index (χ0) is 12.9. The zero-order valence-corrected chi connectivity index (χ0v) is 10.8. The number of fused-ring (bicyclic) bond motifs is 3. The van der Waals surface area contributed by atoms with Gasteiger partial charge in [-0.2, -0.15) is 0 Å². The van der Waals surface area contributed by atoms with Gasteiger partial charge in [-0.15, -0.1) is 0 Å². The van der Waals surface area contributed by atoms with Crippen LogP contribution in [0.3, 0.4) is 0 Å². The third-order valence-electron chi connectivity index (χ3n) is 3.37. The Morgan fingerprint density at radius 3 is 1.21 bits per heavy atom. The van der Waals surface area contributed by atoms with Crippen LogP contribution in [0.2, 0.25) is 0 Å². The van der Waals surface area contributed by atoms with E-state index in [9.17, 15) is 0 Å². The van der Waals surface area contributed by atoms with Gasteiger partial charge >= 0.3 is 0 Å². The minimum Gasteiger partial charge on any atom is -0.0623 e. The highest BCUT2D eigenvalue weighted by atomic mass is 14.2. The van der Waals surface area contributed by atoms with Crippen LogP contribution < -0.4 is 0 Å². The van der Waals surface area contributed by atoms with Gasteiger partial charge in [-0.1, -0.05) is 84.9 Å². The predicted molar refractivity (Wildman–Crippen MR) is 81.1 cm³/mol. The highest BCUT2D eigenvalue weighted by Gasteiger charge is 2.15. The van der Waals surface area contributed by atoms with E-state index in [1.807, 2.05) is 36.4 Å². The minimum atomic E-state index is 1.10. The molecule has 0 unspecified atom stereocenters. The summed E-state index contributed by atoms with van der Waals surface area (Å²) in [6.07, 6.45) is 1.10. The second kappa shape index (κ2) is 5.53. The van der Waals surface area contributed by atoms with Crippen molar-refractivity contribution in [1.82, 2.24) is 0 Å². The second-order valence-electron chi connectivity index (χ2n) is 4.65. The van der Waals surface area contributed by atoms with Crippen LogP contribution in [0.1, 0.15) is 11.1 Å². The largest absolute Gasteiger partial charge is 0.0623 e. The summed E-state index contributed by atoms with van der Waals surface area (Å²) >= 11 is 0. The molecule has 0 saturated carbocycles. The highest BCUT2D eigenvalue weighted by molar-refractivity contribution is 5.76. The molecule has 1 aliphatic carbocycles. The normalized spacial score (nSPS) is 10.9. The number of hydrogen-bond acceptors (Lipinski definition) is 0. The lowest BCUT2D eigenvalue weighted by atomic mass is 10.1. The molecular weight excluding hydrogens is 228 g/mol.